The number of benzene rings is 1. The summed E-state index contributed by atoms with van der Waals surface area (Å²) in [5.41, 5.74) is 2.97. The van der Waals surface area contributed by atoms with Gasteiger partial charge in [0.25, 0.3) is 0 Å². The quantitative estimate of drug-likeness (QED) is 0.502. The number of pyridine rings is 2. The molecule has 7 heteroatoms. The Morgan fingerprint density at radius 3 is 2.92 bits per heavy atom. The van der Waals surface area contributed by atoms with Crippen LogP contribution in [0.15, 0.2) is 60.5 Å². The van der Waals surface area contributed by atoms with Gasteiger partial charge in [0.1, 0.15) is 12.1 Å². The van der Waals surface area contributed by atoms with Gasteiger partial charge in [-0.2, -0.15) is 5.10 Å². The number of nitrogens with one attached hydrogen (secondary N) is 2. The van der Waals surface area contributed by atoms with Crippen molar-refractivity contribution in [3.05, 3.63) is 66.1 Å². The summed E-state index contributed by atoms with van der Waals surface area (Å²) in [5.74, 6) is 1.58. The summed E-state index contributed by atoms with van der Waals surface area (Å²) in [4.78, 5) is 13.4. The Balaban J connectivity index is 1.67. The van der Waals surface area contributed by atoms with E-state index in [1.807, 2.05) is 30.5 Å². The van der Waals surface area contributed by atoms with Crippen LogP contribution in [-0.4, -0.2) is 25.1 Å². The summed E-state index contributed by atoms with van der Waals surface area (Å²) in [6, 6.07) is 12.2. The van der Waals surface area contributed by atoms with Crippen LogP contribution in [0.2, 0.25) is 0 Å². The SMILES string of the molecule is c1cncc(CNc2nc3c(-c4ncn[nH]4)cccc3c3sccc23)c1. The molecule has 5 rings (SSSR count). The zero-order valence-corrected chi connectivity index (χ0v) is 14.5. The molecule has 26 heavy (non-hydrogen) atoms. The van der Waals surface area contributed by atoms with Gasteiger partial charge < -0.3 is 5.32 Å². The van der Waals surface area contributed by atoms with Gasteiger partial charge in [0.15, 0.2) is 5.82 Å². The third-order valence-electron chi connectivity index (χ3n) is 4.28. The van der Waals surface area contributed by atoms with E-state index < -0.39 is 0 Å². The van der Waals surface area contributed by atoms with Crippen LogP contribution in [0.5, 0.6) is 0 Å². The van der Waals surface area contributed by atoms with Crippen molar-refractivity contribution in [3.63, 3.8) is 0 Å². The fourth-order valence-electron chi connectivity index (χ4n) is 3.07. The topological polar surface area (TPSA) is 79.4 Å². The summed E-state index contributed by atoms with van der Waals surface area (Å²) in [6.45, 7) is 0.668. The summed E-state index contributed by atoms with van der Waals surface area (Å²) in [6.07, 6.45) is 5.15. The van der Waals surface area contributed by atoms with Crippen molar-refractivity contribution in [2.45, 2.75) is 6.54 Å². The Hall–Kier alpha value is -3.32. The molecule has 5 aromatic rings. The molecule has 1 aromatic carbocycles. The van der Waals surface area contributed by atoms with E-state index in [0.29, 0.717) is 6.54 Å². The maximum absolute atomic E-state index is 4.93. The maximum Gasteiger partial charge on any atom is 0.157 e. The minimum atomic E-state index is 0.668. The van der Waals surface area contributed by atoms with Crippen LogP contribution in [0.1, 0.15) is 5.56 Å². The Morgan fingerprint density at radius 2 is 2.08 bits per heavy atom. The molecular weight excluding hydrogens is 344 g/mol. The lowest BCUT2D eigenvalue weighted by atomic mass is 10.1. The van der Waals surface area contributed by atoms with E-state index in [-0.39, 0.29) is 0 Å². The number of para-hydroxylation sites is 1. The number of hydrogen-bond donors (Lipinski definition) is 2. The van der Waals surface area contributed by atoms with E-state index in [1.54, 1.807) is 17.5 Å². The van der Waals surface area contributed by atoms with Crippen LogP contribution in [0.3, 0.4) is 0 Å². The first kappa shape index (κ1) is 15.0. The number of hydrogen-bond acceptors (Lipinski definition) is 6. The number of thiophene rings is 1. The number of aromatic amines is 1. The Labute approximate surface area is 153 Å². The van der Waals surface area contributed by atoms with E-state index >= 15 is 0 Å². The van der Waals surface area contributed by atoms with Crippen molar-refractivity contribution in [3.8, 4) is 11.4 Å². The molecule has 2 N–H and O–H groups in total. The third-order valence-corrected chi connectivity index (χ3v) is 5.23. The molecular formula is C19H14N6S. The number of fused-ring (bicyclic) bond motifs is 3. The molecule has 0 fully saturated rings. The number of aromatic nitrogens is 5. The van der Waals surface area contributed by atoms with Gasteiger partial charge in [0.05, 0.1) is 5.52 Å². The molecule has 126 valence electrons. The van der Waals surface area contributed by atoms with Crippen LogP contribution in [-0.2, 0) is 6.54 Å². The largest absolute Gasteiger partial charge is 0.365 e. The lowest BCUT2D eigenvalue weighted by Crippen LogP contribution is -2.02. The highest BCUT2D eigenvalue weighted by molar-refractivity contribution is 7.18. The number of anilines is 1. The van der Waals surface area contributed by atoms with Crippen LogP contribution < -0.4 is 5.32 Å². The number of H-pyrrole nitrogens is 1. The molecule has 0 aliphatic carbocycles. The molecule has 0 bridgehead atoms. The first-order chi connectivity index (χ1) is 12.9. The standard InChI is InChI=1S/C19H14N6S/c1-4-13-16(14(5-1)19-22-11-23-25-19)24-18(15-6-8-26-17(13)15)21-10-12-3-2-7-20-9-12/h1-9,11H,10H2,(H,21,24)(H,22,23,25). The van der Waals surface area contributed by atoms with Gasteiger partial charge in [-0.05, 0) is 29.1 Å². The first-order valence-electron chi connectivity index (χ1n) is 8.18. The summed E-state index contributed by atoms with van der Waals surface area (Å²) in [5, 5.41) is 14.7. The third kappa shape index (κ3) is 2.49. The second-order valence-electron chi connectivity index (χ2n) is 5.87. The Morgan fingerprint density at radius 1 is 1.08 bits per heavy atom. The van der Waals surface area contributed by atoms with Gasteiger partial charge in [-0.15, -0.1) is 11.3 Å². The monoisotopic (exact) mass is 358 g/mol. The first-order valence-corrected chi connectivity index (χ1v) is 9.06. The predicted octanol–water partition coefficient (Wildman–Crippen LogP) is 4.24. The molecule has 0 aliphatic heterocycles. The van der Waals surface area contributed by atoms with Crippen molar-refractivity contribution in [2.24, 2.45) is 0 Å². The van der Waals surface area contributed by atoms with Gasteiger partial charge in [-0.1, -0.05) is 18.2 Å². The van der Waals surface area contributed by atoms with E-state index in [1.165, 1.54) is 11.0 Å². The highest BCUT2D eigenvalue weighted by Gasteiger charge is 2.14. The minimum absolute atomic E-state index is 0.668. The van der Waals surface area contributed by atoms with Gasteiger partial charge in [0, 0.05) is 40.0 Å². The lowest BCUT2D eigenvalue weighted by Gasteiger charge is -2.11. The molecule has 0 spiro atoms. The van der Waals surface area contributed by atoms with Crippen molar-refractivity contribution in [1.82, 2.24) is 25.1 Å². The maximum atomic E-state index is 4.93. The Kier molecular flexibility index (Phi) is 3.57. The van der Waals surface area contributed by atoms with Crippen LogP contribution in [0.25, 0.3) is 32.4 Å². The van der Waals surface area contributed by atoms with Gasteiger partial charge in [-0.3, -0.25) is 10.1 Å². The smallest absolute Gasteiger partial charge is 0.157 e. The van der Waals surface area contributed by atoms with Gasteiger partial charge in [-0.25, -0.2) is 9.97 Å². The average Bonchev–Trinajstić information content (AvgIpc) is 3.38. The summed E-state index contributed by atoms with van der Waals surface area (Å²) in [7, 11) is 0. The molecule has 6 nitrogen and oxygen atoms in total. The molecule has 0 aliphatic rings. The molecule has 0 unspecified atom stereocenters. The van der Waals surface area contributed by atoms with E-state index in [0.717, 1.165) is 39.1 Å². The van der Waals surface area contributed by atoms with Gasteiger partial charge in [0.2, 0.25) is 0 Å². The summed E-state index contributed by atoms with van der Waals surface area (Å²) < 4.78 is 1.21. The van der Waals surface area contributed by atoms with Gasteiger partial charge >= 0.3 is 0 Å². The van der Waals surface area contributed by atoms with Crippen LogP contribution >= 0.6 is 11.3 Å². The molecule has 0 amide bonds. The lowest BCUT2D eigenvalue weighted by molar-refractivity contribution is 1.09. The molecule has 0 atom stereocenters. The van der Waals surface area contributed by atoms with E-state index in [4.69, 9.17) is 4.98 Å². The Bertz CT molecular complexity index is 1180. The molecule has 4 aromatic heterocycles. The normalized spacial score (nSPS) is 11.2. The van der Waals surface area contributed by atoms with Crippen molar-refractivity contribution in [1.29, 1.82) is 0 Å². The molecule has 0 saturated heterocycles. The molecule has 0 radical (unpaired) electrons. The average molecular weight is 358 g/mol. The minimum Gasteiger partial charge on any atom is -0.365 e. The number of rotatable bonds is 4. The fraction of sp³-hybridized carbons (Fsp3) is 0.0526. The highest BCUT2D eigenvalue weighted by atomic mass is 32.1. The molecule has 0 saturated carbocycles. The number of nitrogens with zero attached hydrogens (tertiary/aromatic N) is 4. The second kappa shape index (κ2) is 6.20. The summed E-state index contributed by atoms with van der Waals surface area (Å²) >= 11 is 1.72. The second-order valence-corrected chi connectivity index (χ2v) is 6.79. The zero-order chi connectivity index (χ0) is 17.3. The van der Waals surface area contributed by atoms with Crippen molar-refractivity contribution < 1.29 is 0 Å². The fourth-order valence-corrected chi connectivity index (χ4v) is 4.00. The van der Waals surface area contributed by atoms with Crippen LogP contribution in [0, 0.1) is 0 Å². The van der Waals surface area contributed by atoms with E-state index in [2.05, 4.69) is 43.0 Å². The zero-order valence-electron chi connectivity index (χ0n) is 13.7. The van der Waals surface area contributed by atoms with Crippen molar-refractivity contribution in [2.75, 3.05) is 5.32 Å². The highest BCUT2D eigenvalue weighted by Crippen LogP contribution is 2.36. The predicted molar refractivity (Wildman–Crippen MR) is 104 cm³/mol. The van der Waals surface area contributed by atoms with Crippen molar-refractivity contribution >= 4 is 38.1 Å². The molecule has 4 heterocycles. The van der Waals surface area contributed by atoms with Crippen LogP contribution in [0.4, 0.5) is 5.82 Å². The van der Waals surface area contributed by atoms with E-state index in [9.17, 15) is 0 Å².